The number of rotatable bonds is 3. The summed E-state index contributed by atoms with van der Waals surface area (Å²) in [6.45, 7) is 0. The molecule has 0 spiro atoms. The zero-order valence-corrected chi connectivity index (χ0v) is 18.6. The molecule has 0 unspecified atom stereocenters. The lowest BCUT2D eigenvalue weighted by atomic mass is 9.85. The second-order valence-corrected chi connectivity index (χ2v) is 8.97. The average molecular weight is 471 g/mol. The van der Waals surface area contributed by atoms with Crippen LogP contribution in [0.5, 0.6) is 0 Å². The van der Waals surface area contributed by atoms with E-state index in [0.717, 1.165) is 11.1 Å². The monoisotopic (exact) mass is 470 g/mol. The number of nitrogens with zero attached hydrogens (tertiary/aromatic N) is 3. The topological polar surface area (TPSA) is 82.1 Å². The van der Waals surface area contributed by atoms with Gasteiger partial charge in [-0.05, 0) is 47.5 Å². The number of halogens is 1. The molecule has 0 radical (unpaired) electrons. The molecule has 3 amide bonds. The Kier molecular flexibility index (Phi) is 4.74. The van der Waals surface area contributed by atoms with Crippen LogP contribution in [0, 0.1) is 11.8 Å². The quantitative estimate of drug-likeness (QED) is 0.589. The first-order chi connectivity index (χ1) is 16.5. The second kappa shape index (κ2) is 7.81. The number of nitrogens with one attached hydrogen (secondary N) is 1. The number of carbonyl (C=O) groups excluding carboxylic acids is 3. The van der Waals surface area contributed by atoms with Gasteiger partial charge in [0, 0.05) is 10.7 Å². The largest absolute Gasteiger partial charge is 0.324 e. The Labute approximate surface area is 200 Å². The van der Waals surface area contributed by atoms with E-state index in [9.17, 15) is 14.4 Å². The smallest absolute Gasteiger partial charge is 0.249 e. The summed E-state index contributed by atoms with van der Waals surface area (Å²) in [5.41, 5.74) is 2.80. The highest BCUT2D eigenvalue weighted by Crippen LogP contribution is 2.52. The molecule has 0 aliphatic carbocycles. The Morgan fingerprint density at radius 2 is 1.53 bits per heavy atom. The first-order valence-electron chi connectivity index (χ1n) is 10.9. The molecular weight excluding hydrogens is 452 g/mol. The highest BCUT2D eigenvalue weighted by Gasteiger charge is 2.65. The molecule has 4 atom stereocenters. The van der Waals surface area contributed by atoms with Crippen LogP contribution in [-0.2, 0) is 14.4 Å². The Hall–Kier alpha value is -3.97. The molecule has 8 heteroatoms. The van der Waals surface area contributed by atoms with Crippen LogP contribution in [0.1, 0.15) is 17.2 Å². The highest BCUT2D eigenvalue weighted by atomic mass is 35.5. The fourth-order valence-electron chi connectivity index (χ4n) is 5.25. The standard InChI is InChI=1S/C26H19ClN4O3/c27-16-10-12-18(13-11-16)30-25(33)20-21(26(30)34)23(24(32)29-17-7-2-1-3-8-17)31-22(20)19-9-5-4-6-15(19)14-28-31/h1-14,20-23H,(H,29,32)/t20-,21-,22+,23+/m1/s1. The summed E-state index contributed by atoms with van der Waals surface area (Å²) in [7, 11) is 0. The fraction of sp³-hybridized carbons (Fsp3) is 0.154. The van der Waals surface area contributed by atoms with Gasteiger partial charge in [0.2, 0.25) is 17.7 Å². The van der Waals surface area contributed by atoms with E-state index >= 15 is 0 Å². The molecule has 1 N–H and O–H groups in total. The minimum absolute atomic E-state index is 0.339. The van der Waals surface area contributed by atoms with Crippen LogP contribution in [0.4, 0.5) is 11.4 Å². The molecule has 0 bridgehead atoms. The molecule has 3 aromatic carbocycles. The maximum absolute atomic E-state index is 13.7. The van der Waals surface area contributed by atoms with Gasteiger partial charge in [0.15, 0.2) is 0 Å². The number of hydrogen-bond acceptors (Lipinski definition) is 5. The number of carbonyl (C=O) groups is 3. The van der Waals surface area contributed by atoms with Gasteiger partial charge in [-0.15, -0.1) is 0 Å². The van der Waals surface area contributed by atoms with Crippen LogP contribution >= 0.6 is 11.6 Å². The minimum Gasteiger partial charge on any atom is -0.324 e. The minimum atomic E-state index is -0.937. The van der Waals surface area contributed by atoms with Gasteiger partial charge in [-0.1, -0.05) is 54.1 Å². The van der Waals surface area contributed by atoms with Crippen molar-refractivity contribution in [2.24, 2.45) is 16.9 Å². The van der Waals surface area contributed by atoms with Crippen LogP contribution in [0.3, 0.4) is 0 Å². The van der Waals surface area contributed by atoms with Gasteiger partial charge in [0.25, 0.3) is 0 Å². The van der Waals surface area contributed by atoms with E-state index in [-0.39, 0.29) is 11.8 Å². The molecule has 0 aromatic heterocycles. The van der Waals surface area contributed by atoms with Crippen molar-refractivity contribution in [1.82, 2.24) is 5.01 Å². The van der Waals surface area contributed by atoms with Crippen molar-refractivity contribution >= 4 is 46.9 Å². The maximum atomic E-state index is 13.7. The van der Waals surface area contributed by atoms with E-state index in [1.165, 1.54) is 4.90 Å². The van der Waals surface area contributed by atoms with Gasteiger partial charge in [-0.25, -0.2) is 4.90 Å². The lowest BCUT2D eigenvalue weighted by molar-refractivity contribution is -0.129. The second-order valence-electron chi connectivity index (χ2n) is 8.54. The number of hydrazone groups is 1. The van der Waals surface area contributed by atoms with Crippen molar-refractivity contribution < 1.29 is 14.4 Å². The first-order valence-corrected chi connectivity index (χ1v) is 11.3. The molecule has 3 aromatic rings. The number of hydrogen-bond donors (Lipinski definition) is 1. The summed E-state index contributed by atoms with van der Waals surface area (Å²) in [4.78, 5) is 42.2. The Bertz CT molecular complexity index is 1340. The molecule has 6 rings (SSSR count). The Morgan fingerprint density at radius 1 is 0.853 bits per heavy atom. The lowest BCUT2D eigenvalue weighted by Crippen LogP contribution is -2.46. The molecule has 3 aliphatic heterocycles. The van der Waals surface area contributed by atoms with Crippen LogP contribution in [0.25, 0.3) is 0 Å². The summed E-state index contributed by atoms with van der Waals surface area (Å²) in [5, 5.41) is 9.58. The molecule has 7 nitrogen and oxygen atoms in total. The Balaban J connectivity index is 1.45. The van der Waals surface area contributed by atoms with E-state index in [4.69, 9.17) is 11.6 Å². The van der Waals surface area contributed by atoms with Crippen molar-refractivity contribution in [1.29, 1.82) is 0 Å². The number of benzene rings is 3. The Morgan fingerprint density at radius 3 is 2.29 bits per heavy atom. The van der Waals surface area contributed by atoms with Gasteiger partial charge in [-0.2, -0.15) is 5.10 Å². The SMILES string of the molecule is O=C(Nc1ccccc1)[C@@H]1[C@@H]2C(=O)N(c3ccc(Cl)cc3)C(=O)[C@H]2[C@@H]2c3ccccc3C=NN12. The van der Waals surface area contributed by atoms with Crippen molar-refractivity contribution in [2.45, 2.75) is 12.1 Å². The van der Waals surface area contributed by atoms with Crippen molar-refractivity contribution in [2.75, 3.05) is 10.2 Å². The molecule has 2 fully saturated rings. The van der Waals surface area contributed by atoms with Gasteiger partial charge in [0.1, 0.15) is 6.04 Å². The summed E-state index contributed by atoms with van der Waals surface area (Å²) >= 11 is 6.01. The third-order valence-electron chi connectivity index (χ3n) is 6.69. The van der Waals surface area contributed by atoms with Gasteiger partial charge in [0.05, 0.1) is 29.8 Å². The van der Waals surface area contributed by atoms with Crippen LogP contribution < -0.4 is 10.2 Å². The van der Waals surface area contributed by atoms with Gasteiger partial charge >= 0.3 is 0 Å². The highest BCUT2D eigenvalue weighted by molar-refractivity contribution is 6.31. The third kappa shape index (κ3) is 3.04. The van der Waals surface area contributed by atoms with E-state index < -0.39 is 29.8 Å². The summed E-state index contributed by atoms with van der Waals surface area (Å²) in [6, 6.07) is 21.8. The molecule has 3 heterocycles. The van der Waals surface area contributed by atoms with Crippen LogP contribution in [-0.4, -0.2) is 35.0 Å². The van der Waals surface area contributed by atoms with Gasteiger partial charge in [-0.3, -0.25) is 19.4 Å². The lowest BCUT2D eigenvalue weighted by Gasteiger charge is -2.33. The zero-order chi connectivity index (χ0) is 23.4. The summed E-state index contributed by atoms with van der Waals surface area (Å²) in [5.74, 6) is -2.74. The van der Waals surface area contributed by atoms with Crippen LogP contribution in [0.15, 0.2) is 84.0 Å². The molecule has 2 saturated heterocycles. The number of fused-ring (bicyclic) bond motifs is 5. The van der Waals surface area contributed by atoms with E-state index in [1.807, 2.05) is 42.5 Å². The third-order valence-corrected chi connectivity index (χ3v) is 6.94. The normalized spacial score (nSPS) is 24.6. The van der Waals surface area contributed by atoms with E-state index in [1.54, 1.807) is 47.6 Å². The average Bonchev–Trinajstić information content (AvgIpc) is 3.33. The number of amides is 3. The molecular formula is C26H19ClN4O3. The molecule has 0 saturated carbocycles. The van der Waals surface area contributed by atoms with E-state index in [2.05, 4.69) is 10.4 Å². The molecule has 34 heavy (non-hydrogen) atoms. The zero-order valence-electron chi connectivity index (χ0n) is 17.8. The number of imide groups is 1. The first kappa shape index (κ1) is 20.6. The van der Waals surface area contributed by atoms with Crippen molar-refractivity contribution in [3.63, 3.8) is 0 Å². The fourth-order valence-corrected chi connectivity index (χ4v) is 5.38. The predicted octanol–water partition coefficient (Wildman–Crippen LogP) is 3.86. The molecule has 3 aliphatic rings. The molecule has 168 valence electrons. The van der Waals surface area contributed by atoms with Gasteiger partial charge < -0.3 is 5.32 Å². The van der Waals surface area contributed by atoms with Crippen molar-refractivity contribution in [3.05, 3.63) is 95.0 Å². The number of para-hydroxylation sites is 1. The van der Waals surface area contributed by atoms with Crippen molar-refractivity contribution in [3.8, 4) is 0 Å². The predicted molar refractivity (Wildman–Crippen MR) is 128 cm³/mol. The number of anilines is 2. The maximum Gasteiger partial charge on any atom is 0.249 e. The summed E-state index contributed by atoms with van der Waals surface area (Å²) < 4.78 is 0. The van der Waals surface area contributed by atoms with Crippen LogP contribution in [0.2, 0.25) is 5.02 Å². The summed E-state index contributed by atoms with van der Waals surface area (Å²) in [6.07, 6.45) is 1.68. The van der Waals surface area contributed by atoms with E-state index in [0.29, 0.717) is 16.4 Å².